The van der Waals surface area contributed by atoms with Crippen molar-refractivity contribution >= 4 is 23.5 Å². The summed E-state index contributed by atoms with van der Waals surface area (Å²) in [5.74, 6) is -1.15. The first-order valence-electron chi connectivity index (χ1n) is 6.95. The Bertz CT molecular complexity index is 555. The van der Waals surface area contributed by atoms with Crippen LogP contribution in [0.3, 0.4) is 0 Å². The maximum Gasteiger partial charge on any atom is 0.326 e. The molecule has 5 nitrogen and oxygen atoms in total. The minimum Gasteiger partial charge on any atom is -0.480 e. The van der Waals surface area contributed by atoms with Crippen molar-refractivity contribution in [2.45, 2.75) is 24.9 Å². The van der Waals surface area contributed by atoms with Crippen molar-refractivity contribution in [3.8, 4) is 0 Å². The van der Waals surface area contributed by atoms with Gasteiger partial charge in [-0.25, -0.2) is 4.79 Å². The van der Waals surface area contributed by atoms with Crippen LogP contribution >= 0.6 is 11.6 Å². The molecule has 2 fully saturated rings. The van der Waals surface area contributed by atoms with Crippen molar-refractivity contribution in [2.75, 3.05) is 13.2 Å². The number of halogens is 1. The average Bonchev–Trinajstić information content (AvgIpc) is 3.26. The zero-order chi connectivity index (χ0) is 15.0. The molecule has 2 atom stereocenters. The van der Waals surface area contributed by atoms with Crippen molar-refractivity contribution in [3.05, 3.63) is 34.9 Å². The van der Waals surface area contributed by atoms with Crippen molar-refractivity contribution in [1.29, 1.82) is 0 Å². The first kappa shape index (κ1) is 14.4. The molecule has 2 aliphatic rings. The van der Waals surface area contributed by atoms with Crippen molar-refractivity contribution in [1.82, 2.24) is 4.90 Å². The number of hydrogen-bond acceptors (Lipinski definition) is 3. The van der Waals surface area contributed by atoms with Gasteiger partial charge in [-0.2, -0.15) is 0 Å². The van der Waals surface area contributed by atoms with E-state index in [0.717, 1.165) is 18.4 Å². The molecular formula is C15H16ClNO4. The van der Waals surface area contributed by atoms with Crippen LogP contribution in [0.1, 0.15) is 24.4 Å². The Morgan fingerprint density at radius 2 is 2.00 bits per heavy atom. The lowest BCUT2D eigenvalue weighted by Crippen LogP contribution is -2.53. The molecule has 1 saturated heterocycles. The Morgan fingerprint density at radius 3 is 2.57 bits per heavy atom. The molecule has 0 radical (unpaired) electrons. The fraction of sp³-hybridized carbons (Fsp3) is 0.467. The number of carbonyl (C=O) groups excluding carboxylic acids is 1. The monoisotopic (exact) mass is 309 g/mol. The minimum absolute atomic E-state index is 0.0550. The van der Waals surface area contributed by atoms with Gasteiger partial charge in [0.05, 0.1) is 12.6 Å². The predicted molar refractivity (Wildman–Crippen MR) is 76.0 cm³/mol. The number of benzene rings is 1. The quantitative estimate of drug-likeness (QED) is 0.925. The second-order valence-electron chi connectivity index (χ2n) is 5.50. The molecule has 0 spiro atoms. The molecule has 1 aromatic carbocycles. The van der Waals surface area contributed by atoms with Crippen LogP contribution in [0.15, 0.2) is 24.3 Å². The highest BCUT2D eigenvalue weighted by molar-refractivity contribution is 6.30. The number of carbonyl (C=O) groups is 2. The Kier molecular flexibility index (Phi) is 3.87. The van der Waals surface area contributed by atoms with Gasteiger partial charge < -0.3 is 14.7 Å². The van der Waals surface area contributed by atoms with Crippen LogP contribution in [0, 0.1) is 5.92 Å². The molecule has 6 heteroatoms. The van der Waals surface area contributed by atoms with E-state index in [1.165, 1.54) is 4.90 Å². The summed E-state index contributed by atoms with van der Waals surface area (Å²) in [6, 6.07) is 5.97. The predicted octanol–water partition coefficient (Wildman–Crippen LogP) is 2.10. The number of aliphatic carboxylic acids is 1. The zero-order valence-electron chi connectivity index (χ0n) is 11.4. The fourth-order valence-corrected chi connectivity index (χ4v) is 2.96. The molecule has 1 heterocycles. The van der Waals surface area contributed by atoms with Crippen LogP contribution in [-0.4, -0.2) is 41.1 Å². The molecule has 21 heavy (non-hydrogen) atoms. The Morgan fingerprint density at radius 1 is 1.33 bits per heavy atom. The summed E-state index contributed by atoms with van der Waals surface area (Å²) >= 11 is 5.88. The Labute approximate surface area is 127 Å². The van der Waals surface area contributed by atoms with Gasteiger partial charge in [-0.1, -0.05) is 23.7 Å². The number of amides is 1. The third-order valence-electron chi connectivity index (χ3n) is 4.00. The van der Waals surface area contributed by atoms with E-state index in [2.05, 4.69) is 0 Å². The molecule has 1 N–H and O–H groups in total. The molecule has 1 saturated carbocycles. The number of hydrogen-bond donors (Lipinski definition) is 1. The van der Waals surface area contributed by atoms with Crippen molar-refractivity contribution in [3.63, 3.8) is 0 Å². The molecule has 1 unspecified atom stereocenters. The van der Waals surface area contributed by atoms with E-state index in [1.807, 2.05) is 12.1 Å². The van der Waals surface area contributed by atoms with E-state index in [-0.39, 0.29) is 24.5 Å². The molecule has 1 aliphatic carbocycles. The third-order valence-corrected chi connectivity index (χ3v) is 4.25. The normalized spacial score (nSPS) is 24.0. The van der Waals surface area contributed by atoms with E-state index in [1.54, 1.807) is 12.1 Å². The Balaban J connectivity index is 1.93. The molecule has 0 aromatic heterocycles. The molecule has 112 valence electrons. The lowest BCUT2D eigenvalue weighted by molar-refractivity contribution is -0.164. The van der Waals surface area contributed by atoms with E-state index in [4.69, 9.17) is 16.3 Å². The topological polar surface area (TPSA) is 66.8 Å². The van der Waals surface area contributed by atoms with Gasteiger partial charge in [0.15, 0.2) is 0 Å². The van der Waals surface area contributed by atoms with E-state index >= 15 is 0 Å². The van der Waals surface area contributed by atoms with Crippen LogP contribution in [0.2, 0.25) is 5.02 Å². The summed E-state index contributed by atoms with van der Waals surface area (Å²) in [4.78, 5) is 25.3. The number of ether oxygens (including phenoxy) is 1. The van der Waals surface area contributed by atoms with Gasteiger partial charge in [0.1, 0.15) is 12.6 Å². The van der Waals surface area contributed by atoms with Crippen LogP contribution in [0.5, 0.6) is 0 Å². The first-order valence-corrected chi connectivity index (χ1v) is 7.33. The molecule has 3 rings (SSSR count). The summed E-state index contributed by atoms with van der Waals surface area (Å²) in [6.07, 6.45) is 1.71. The van der Waals surface area contributed by atoms with Crippen LogP contribution in [0.4, 0.5) is 0 Å². The number of carboxylic acid groups (broad SMARTS) is 1. The van der Waals surface area contributed by atoms with Gasteiger partial charge in [-0.15, -0.1) is 0 Å². The first-order chi connectivity index (χ1) is 10.1. The lowest BCUT2D eigenvalue weighted by Gasteiger charge is -2.39. The van der Waals surface area contributed by atoms with E-state index < -0.39 is 12.0 Å². The number of morpholine rings is 1. The largest absolute Gasteiger partial charge is 0.480 e. The van der Waals surface area contributed by atoms with Crippen LogP contribution in [0.25, 0.3) is 0 Å². The minimum atomic E-state index is -0.938. The van der Waals surface area contributed by atoms with Crippen LogP contribution < -0.4 is 0 Å². The van der Waals surface area contributed by atoms with Gasteiger partial charge in [0, 0.05) is 5.02 Å². The van der Waals surface area contributed by atoms with Gasteiger partial charge in [0.2, 0.25) is 5.91 Å². The highest BCUT2D eigenvalue weighted by Gasteiger charge is 2.46. The smallest absolute Gasteiger partial charge is 0.326 e. The summed E-state index contributed by atoms with van der Waals surface area (Å²) in [7, 11) is 0. The van der Waals surface area contributed by atoms with Gasteiger partial charge in [0.25, 0.3) is 0 Å². The zero-order valence-corrected chi connectivity index (χ0v) is 12.1. The second kappa shape index (κ2) is 5.66. The molecular weight excluding hydrogens is 294 g/mol. The molecule has 1 aromatic rings. The maximum absolute atomic E-state index is 12.2. The molecule has 1 amide bonds. The highest BCUT2D eigenvalue weighted by atomic mass is 35.5. The summed E-state index contributed by atoms with van der Waals surface area (Å²) in [5, 5.41) is 10.1. The summed E-state index contributed by atoms with van der Waals surface area (Å²) < 4.78 is 5.32. The average molecular weight is 310 g/mol. The maximum atomic E-state index is 12.2. The Hall–Kier alpha value is -1.59. The summed E-state index contributed by atoms with van der Waals surface area (Å²) in [5.41, 5.74) is 0.847. The molecule has 0 bridgehead atoms. The SMILES string of the molecule is O=C(O)C(C1CC1)N1C(=O)COC[C@H]1c1ccc(Cl)cc1. The van der Waals surface area contributed by atoms with Gasteiger partial charge >= 0.3 is 5.97 Å². The van der Waals surface area contributed by atoms with Crippen molar-refractivity contribution < 1.29 is 19.4 Å². The fourth-order valence-electron chi connectivity index (χ4n) is 2.84. The standard InChI is InChI=1S/C15H16ClNO4/c16-11-5-3-9(4-6-11)12-7-21-8-13(18)17(12)14(15(19)20)10-1-2-10/h3-6,10,12,14H,1-2,7-8H2,(H,19,20)/t12-,14?/m0/s1. The summed E-state index contributed by atoms with van der Waals surface area (Å²) in [6.45, 7) is 0.254. The van der Waals surface area contributed by atoms with Gasteiger partial charge in [-0.05, 0) is 36.5 Å². The van der Waals surface area contributed by atoms with E-state index in [9.17, 15) is 14.7 Å². The third kappa shape index (κ3) is 2.89. The second-order valence-corrected chi connectivity index (χ2v) is 5.94. The molecule has 1 aliphatic heterocycles. The number of nitrogens with zero attached hydrogens (tertiary/aromatic N) is 1. The van der Waals surface area contributed by atoms with Gasteiger partial charge in [-0.3, -0.25) is 4.79 Å². The van der Waals surface area contributed by atoms with E-state index in [0.29, 0.717) is 11.6 Å². The lowest BCUT2D eigenvalue weighted by atomic mass is 10.0. The highest BCUT2D eigenvalue weighted by Crippen LogP contribution is 2.40. The number of rotatable bonds is 4. The van der Waals surface area contributed by atoms with Crippen molar-refractivity contribution in [2.24, 2.45) is 5.92 Å². The van der Waals surface area contributed by atoms with Crippen LogP contribution in [-0.2, 0) is 14.3 Å². The number of carboxylic acids is 1.